The average molecular weight is 440 g/mol. The van der Waals surface area contributed by atoms with Crippen molar-refractivity contribution >= 4 is 46.0 Å². The molecule has 0 atom stereocenters. The number of amides is 2. The van der Waals surface area contributed by atoms with Crippen LogP contribution in [0.2, 0.25) is 5.02 Å². The van der Waals surface area contributed by atoms with Gasteiger partial charge in [0, 0.05) is 23.2 Å². The van der Waals surface area contributed by atoms with Crippen molar-refractivity contribution < 1.29 is 18.4 Å². The number of benzene rings is 1. The molecule has 3 N–H and O–H groups in total. The van der Waals surface area contributed by atoms with Crippen LogP contribution in [0.3, 0.4) is 0 Å². The van der Waals surface area contributed by atoms with Crippen molar-refractivity contribution in [2.75, 3.05) is 10.6 Å². The summed E-state index contributed by atoms with van der Waals surface area (Å²) in [5.41, 5.74) is 2.62. The molecule has 8 nitrogen and oxygen atoms in total. The number of fused-ring (bicyclic) bond motifs is 1. The van der Waals surface area contributed by atoms with E-state index in [1.807, 2.05) is 0 Å². The minimum absolute atomic E-state index is 0.0104. The van der Waals surface area contributed by atoms with Gasteiger partial charge >= 0.3 is 0 Å². The highest BCUT2D eigenvalue weighted by atomic mass is 35.5. The molecule has 5 rings (SSSR count). The summed E-state index contributed by atoms with van der Waals surface area (Å²) in [5, 5.41) is 5.88. The summed E-state index contributed by atoms with van der Waals surface area (Å²) in [6.45, 7) is 0. The van der Waals surface area contributed by atoms with Gasteiger partial charge in [-0.3, -0.25) is 9.59 Å². The summed E-state index contributed by atoms with van der Waals surface area (Å²) in [4.78, 5) is 36.0. The number of hydrogen-bond donors (Lipinski definition) is 3. The molecule has 10 heteroatoms. The molecule has 156 valence electrons. The second-order valence-corrected chi connectivity index (χ2v) is 7.60. The number of pyridine rings is 1. The van der Waals surface area contributed by atoms with Crippen LogP contribution in [0.15, 0.2) is 47.0 Å². The van der Waals surface area contributed by atoms with Crippen molar-refractivity contribution in [1.29, 1.82) is 0 Å². The Hall–Kier alpha value is -3.72. The van der Waals surface area contributed by atoms with Gasteiger partial charge in [-0.25, -0.2) is 9.97 Å². The molecule has 1 fully saturated rings. The highest BCUT2D eigenvalue weighted by Crippen LogP contribution is 2.32. The number of imidazole rings is 1. The van der Waals surface area contributed by atoms with E-state index in [1.165, 1.54) is 6.07 Å². The van der Waals surface area contributed by atoms with E-state index in [-0.39, 0.29) is 17.6 Å². The first-order valence-corrected chi connectivity index (χ1v) is 9.87. The fourth-order valence-corrected chi connectivity index (χ4v) is 3.31. The quantitative estimate of drug-likeness (QED) is 0.420. The summed E-state index contributed by atoms with van der Waals surface area (Å²) in [6, 6.07) is 8.06. The van der Waals surface area contributed by atoms with E-state index in [4.69, 9.17) is 16.0 Å². The number of halogens is 2. The van der Waals surface area contributed by atoms with Crippen LogP contribution >= 0.6 is 11.6 Å². The number of hydrogen-bond acceptors (Lipinski definition) is 5. The Morgan fingerprint density at radius 1 is 1.13 bits per heavy atom. The Bertz CT molecular complexity index is 1330. The summed E-state index contributed by atoms with van der Waals surface area (Å²) in [7, 11) is 0. The molecule has 0 saturated heterocycles. The summed E-state index contributed by atoms with van der Waals surface area (Å²) in [6.07, 6.45) is 3.37. The van der Waals surface area contributed by atoms with Crippen molar-refractivity contribution in [3.05, 3.63) is 59.4 Å². The number of nitrogens with zero attached hydrogens (tertiary/aromatic N) is 2. The number of anilines is 2. The van der Waals surface area contributed by atoms with Gasteiger partial charge in [-0.05, 0) is 43.2 Å². The molecule has 3 aromatic heterocycles. The Labute approximate surface area is 179 Å². The lowest BCUT2D eigenvalue weighted by Gasteiger charge is -2.07. The molecule has 4 aromatic rings. The van der Waals surface area contributed by atoms with E-state index in [1.54, 1.807) is 30.5 Å². The van der Waals surface area contributed by atoms with Crippen LogP contribution < -0.4 is 10.6 Å². The minimum atomic E-state index is -0.843. The molecule has 1 aromatic carbocycles. The number of rotatable bonds is 5. The molecule has 0 bridgehead atoms. The Kier molecular flexibility index (Phi) is 4.67. The summed E-state index contributed by atoms with van der Waals surface area (Å²) in [5.74, 6) is -0.230. The van der Waals surface area contributed by atoms with Gasteiger partial charge in [0.1, 0.15) is 5.82 Å². The highest BCUT2D eigenvalue weighted by Gasteiger charge is 2.29. The van der Waals surface area contributed by atoms with Gasteiger partial charge in [0.05, 0.1) is 22.4 Å². The molecule has 2 amide bonds. The van der Waals surface area contributed by atoms with E-state index < -0.39 is 11.9 Å². The molecule has 3 heterocycles. The SMILES string of the molecule is O=C(Nc1ccc(Cl)c(-c2nc3ncc(NC(=O)C4CC4)cc3[nH]2)c1)c1ccc(F)o1. The van der Waals surface area contributed by atoms with Gasteiger partial charge < -0.3 is 20.0 Å². The van der Waals surface area contributed by atoms with Crippen LogP contribution in [-0.4, -0.2) is 26.8 Å². The first kappa shape index (κ1) is 19.3. The molecule has 0 spiro atoms. The Balaban J connectivity index is 1.41. The zero-order chi connectivity index (χ0) is 21.5. The van der Waals surface area contributed by atoms with Gasteiger partial charge in [-0.15, -0.1) is 0 Å². The van der Waals surface area contributed by atoms with Gasteiger partial charge in [0.2, 0.25) is 5.91 Å². The maximum Gasteiger partial charge on any atom is 0.291 e. The van der Waals surface area contributed by atoms with Crippen LogP contribution in [0.25, 0.3) is 22.6 Å². The summed E-state index contributed by atoms with van der Waals surface area (Å²) >= 11 is 6.34. The second-order valence-electron chi connectivity index (χ2n) is 7.20. The zero-order valence-corrected chi connectivity index (χ0v) is 16.7. The van der Waals surface area contributed by atoms with Gasteiger partial charge in [0.25, 0.3) is 11.9 Å². The summed E-state index contributed by atoms with van der Waals surface area (Å²) < 4.78 is 17.7. The van der Waals surface area contributed by atoms with Crippen LogP contribution in [-0.2, 0) is 4.79 Å². The third-order valence-corrected chi connectivity index (χ3v) is 5.16. The first-order chi connectivity index (χ1) is 15.0. The fourth-order valence-electron chi connectivity index (χ4n) is 3.10. The number of aromatic nitrogens is 3. The standard InChI is InChI=1S/C21H15ClFN5O3/c22-14-4-3-11(25-21(30)16-5-6-17(23)31-16)7-13(14)18-27-15-8-12(9-24-19(15)28-18)26-20(29)10-1-2-10/h3-10H,1-2H2,(H,25,30)(H,26,29)(H,24,27,28). The lowest BCUT2D eigenvalue weighted by atomic mass is 10.2. The number of carbonyl (C=O) groups excluding carboxylic acids is 2. The molecule has 0 unspecified atom stereocenters. The van der Waals surface area contributed by atoms with Crippen molar-refractivity contribution in [2.24, 2.45) is 5.92 Å². The van der Waals surface area contributed by atoms with Crippen molar-refractivity contribution in [3.63, 3.8) is 0 Å². The van der Waals surface area contributed by atoms with Gasteiger partial charge in [-0.1, -0.05) is 11.6 Å². The minimum Gasteiger partial charge on any atom is -0.426 e. The zero-order valence-electron chi connectivity index (χ0n) is 15.9. The maximum atomic E-state index is 13.0. The number of nitrogens with one attached hydrogen (secondary N) is 3. The van der Waals surface area contributed by atoms with E-state index in [0.717, 1.165) is 18.9 Å². The Morgan fingerprint density at radius 3 is 2.71 bits per heavy atom. The molecule has 0 aliphatic heterocycles. The van der Waals surface area contributed by atoms with Crippen LogP contribution in [0.1, 0.15) is 23.4 Å². The van der Waals surface area contributed by atoms with Gasteiger partial charge in [0.15, 0.2) is 11.4 Å². The van der Waals surface area contributed by atoms with E-state index in [9.17, 15) is 14.0 Å². The number of aromatic amines is 1. The molecular weight excluding hydrogens is 425 g/mol. The van der Waals surface area contributed by atoms with E-state index in [0.29, 0.717) is 38.9 Å². The molecule has 31 heavy (non-hydrogen) atoms. The fraction of sp³-hybridized carbons (Fsp3) is 0.143. The number of H-pyrrole nitrogens is 1. The largest absolute Gasteiger partial charge is 0.426 e. The topological polar surface area (TPSA) is 113 Å². The number of carbonyl (C=O) groups is 2. The van der Waals surface area contributed by atoms with Crippen molar-refractivity contribution in [2.45, 2.75) is 12.8 Å². The molecule has 0 radical (unpaired) electrons. The third-order valence-electron chi connectivity index (χ3n) is 4.83. The molecule has 1 aliphatic carbocycles. The van der Waals surface area contributed by atoms with Crippen LogP contribution in [0.5, 0.6) is 0 Å². The van der Waals surface area contributed by atoms with Crippen LogP contribution in [0.4, 0.5) is 15.8 Å². The van der Waals surface area contributed by atoms with Crippen molar-refractivity contribution in [3.8, 4) is 11.4 Å². The molecule has 1 saturated carbocycles. The predicted molar refractivity (Wildman–Crippen MR) is 112 cm³/mol. The van der Waals surface area contributed by atoms with Crippen molar-refractivity contribution in [1.82, 2.24) is 15.0 Å². The first-order valence-electron chi connectivity index (χ1n) is 9.49. The number of furan rings is 1. The molecular formula is C21H15ClFN5O3. The van der Waals surface area contributed by atoms with Crippen LogP contribution in [0, 0.1) is 11.9 Å². The smallest absolute Gasteiger partial charge is 0.291 e. The molecule has 1 aliphatic rings. The average Bonchev–Trinajstić information content (AvgIpc) is 3.38. The maximum absolute atomic E-state index is 13.0. The highest BCUT2D eigenvalue weighted by molar-refractivity contribution is 6.33. The monoisotopic (exact) mass is 439 g/mol. The second kappa shape index (κ2) is 7.51. The Morgan fingerprint density at radius 2 is 1.97 bits per heavy atom. The van der Waals surface area contributed by atoms with E-state index in [2.05, 4.69) is 25.6 Å². The van der Waals surface area contributed by atoms with Gasteiger partial charge in [-0.2, -0.15) is 4.39 Å². The predicted octanol–water partition coefficient (Wildman–Crippen LogP) is 4.61. The lowest BCUT2D eigenvalue weighted by molar-refractivity contribution is -0.117. The van der Waals surface area contributed by atoms with E-state index >= 15 is 0 Å². The third kappa shape index (κ3) is 3.99. The normalized spacial score (nSPS) is 13.4. The lowest BCUT2D eigenvalue weighted by Crippen LogP contribution is -2.13.